The summed E-state index contributed by atoms with van der Waals surface area (Å²) in [6, 6.07) is 3.18. The van der Waals surface area contributed by atoms with Gasteiger partial charge in [0.05, 0.1) is 22.6 Å². The molecule has 1 aromatic carbocycles. The first-order valence-corrected chi connectivity index (χ1v) is 12.8. The van der Waals surface area contributed by atoms with Crippen LogP contribution in [-0.4, -0.2) is 74.9 Å². The van der Waals surface area contributed by atoms with Crippen LogP contribution in [0.2, 0.25) is 0 Å². The number of benzene rings is 1. The lowest BCUT2D eigenvalue weighted by molar-refractivity contribution is 0.0240. The Hall–Kier alpha value is -4.35. The maximum absolute atomic E-state index is 14.6. The second kappa shape index (κ2) is 9.75. The number of halogens is 1. The summed E-state index contributed by atoms with van der Waals surface area (Å²) in [6.07, 6.45) is 4.88. The van der Waals surface area contributed by atoms with Gasteiger partial charge in [-0.05, 0) is 33.8 Å². The lowest BCUT2D eigenvalue weighted by Gasteiger charge is -2.37. The monoisotopic (exact) mass is 536 g/mol. The van der Waals surface area contributed by atoms with E-state index in [1.54, 1.807) is 47.4 Å². The van der Waals surface area contributed by atoms with Crippen molar-refractivity contribution >= 4 is 45.6 Å². The Morgan fingerprint density at radius 2 is 1.79 bits per heavy atom. The Morgan fingerprint density at radius 3 is 2.46 bits per heavy atom. The molecule has 2 N–H and O–H groups in total. The molecule has 0 aliphatic carbocycles. The lowest BCUT2D eigenvalue weighted by Crippen LogP contribution is -2.50. The van der Waals surface area contributed by atoms with Gasteiger partial charge in [0.15, 0.2) is 11.5 Å². The molecule has 1 aliphatic rings. The van der Waals surface area contributed by atoms with Crippen molar-refractivity contribution in [3.05, 3.63) is 47.8 Å². The molecule has 2 amide bonds. The van der Waals surface area contributed by atoms with Crippen LogP contribution >= 0.6 is 0 Å². The van der Waals surface area contributed by atoms with Gasteiger partial charge in [0.2, 0.25) is 0 Å². The topological polar surface area (TPSA) is 109 Å². The minimum atomic E-state index is -0.552. The van der Waals surface area contributed by atoms with Crippen LogP contribution in [0.15, 0.2) is 30.7 Å². The number of amides is 2. The van der Waals surface area contributed by atoms with Gasteiger partial charge >= 0.3 is 6.09 Å². The molecule has 1 fully saturated rings. The molecule has 0 atom stereocenters. The number of piperazine rings is 1. The van der Waals surface area contributed by atoms with Crippen molar-refractivity contribution < 1.29 is 18.7 Å². The number of imidazole rings is 1. The third-order valence-electron chi connectivity index (χ3n) is 6.55. The smallest absolute Gasteiger partial charge is 0.410 e. The molecule has 11 nitrogen and oxygen atoms in total. The molecule has 206 valence electrons. The molecule has 12 heteroatoms. The van der Waals surface area contributed by atoms with Gasteiger partial charge in [0.25, 0.3) is 5.91 Å². The molecule has 1 aliphatic heterocycles. The van der Waals surface area contributed by atoms with Crippen LogP contribution in [0.5, 0.6) is 0 Å². The van der Waals surface area contributed by atoms with Crippen molar-refractivity contribution in [2.45, 2.75) is 33.3 Å². The number of carbonyl (C=O) groups is 2. The van der Waals surface area contributed by atoms with Crippen LogP contribution in [0.25, 0.3) is 16.6 Å². The fourth-order valence-electron chi connectivity index (χ4n) is 4.86. The van der Waals surface area contributed by atoms with E-state index in [2.05, 4.69) is 25.6 Å². The van der Waals surface area contributed by atoms with Crippen LogP contribution in [-0.2, 0) is 11.8 Å². The zero-order chi connectivity index (χ0) is 28.1. The maximum Gasteiger partial charge on any atom is 0.410 e. The predicted octanol–water partition coefficient (Wildman–Crippen LogP) is 4.02. The molecule has 0 unspecified atom stereocenters. The quantitative estimate of drug-likeness (QED) is 0.406. The van der Waals surface area contributed by atoms with Crippen molar-refractivity contribution in [3.63, 3.8) is 0 Å². The molecule has 0 saturated carbocycles. The second-order valence-electron chi connectivity index (χ2n) is 10.7. The van der Waals surface area contributed by atoms with Crippen LogP contribution in [0, 0.1) is 12.7 Å². The standard InChI is InChI=1S/C27H33FN8O3/c1-16-13-36-14-17(11-19(28)24(36)30-16)31-25(37)22-20(29-5)12-21(18-15-33(6)32-23(18)22)34-7-9-35(10-8-34)26(38)39-27(2,3)4/h11-15,29H,7-10H2,1-6H3,(H,31,37). The Kier molecular flexibility index (Phi) is 6.57. The second-order valence-corrected chi connectivity index (χ2v) is 10.7. The minimum absolute atomic E-state index is 0.199. The minimum Gasteiger partial charge on any atom is -0.444 e. The first-order chi connectivity index (χ1) is 18.4. The van der Waals surface area contributed by atoms with Crippen LogP contribution < -0.4 is 15.5 Å². The molecular formula is C27H33FN8O3. The van der Waals surface area contributed by atoms with Gasteiger partial charge in [-0.2, -0.15) is 5.10 Å². The summed E-state index contributed by atoms with van der Waals surface area (Å²) in [5, 5.41) is 11.4. The predicted molar refractivity (Wildman–Crippen MR) is 148 cm³/mol. The molecule has 39 heavy (non-hydrogen) atoms. The number of anilines is 3. The highest BCUT2D eigenvalue weighted by atomic mass is 19.1. The third-order valence-corrected chi connectivity index (χ3v) is 6.55. The Labute approximate surface area is 225 Å². The zero-order valence-corrected chi connectivity index (χ0v) is 23.0. The van der Waals surface area contributed by atoms with Gasteiger partial charge in [-0.3, -0.25) is 9.48 Å². The number of hydrogen-bond acceptors (Lipinski definition) is 7. The summed E-state index contributed by atoms with van der Waals surface area (Å²) in [7, 11) is 3.54. The normalized spacial score (nSPS) is 14.2. The van der Waals surface area contributed by atoms with Gasteiger partial charge in [0.1, 0.15) is 11.1 Å². The number of hydrogen-bond donors (Lipinski definition) is 2. The summed E-state index contributed by atoms with van der Waals surface area (Å²) in [4.78, 5) is 34.1. The first-order valence-electron chi connectivity index (χ1n) is 12.8. The van der Waals surface area contributed by atoms with Gasteiger partial charge in [-0.1, -0.05) is 0 Å². The van der Waals surface area contributed by atoms with E-state index in [-0.39, 0.29) is 11.7 Å². The van der Waals surface area contributed by atoms with Gasteiger partial charge in [-0.15, -0.1) is 0 Å². The Balaban J connectivity index is 1.44. The van der Waals surface area contributed by atoms with Crippen molar-refractivity contribution in [2.24, 2.45) is 7.05 Å². The highest BCUT2D eigenvalue weighted by Gasteiger charge is 2.29. The summed E-state index contributed by atoms with van der Waals surface area (Å²) in [5.74, 6) is -0.946. The summed E-state index contributed by atoms with van der Waals surface area (Å²) in [5.41, 5.74) is 2.99. The fourth-order valence-corrected chi connectivity index (χ4v) is 4.86. The van der Waals surface area contributed by atoms with E-state index >= 15 is 0 Å². The number of rotatable bonds is 4. The van der Waals surface area contributed by atoms with Crippen LogP contribution in [0.3, 0.4) is 0 Å². The number of carbonyl (C=O) groups excluding carboxylic acids is 2. The Bertz CT molecular complexity index is 1580. The Morgan fingerprint density at radius 1 is 1.08 bits per heavy atom. The van der Waals surface area contributed by atoms with E-state index in [1.807, 2.05) is 33.0 Å². The van der Waals surface area contributed by atoms with Crippen molar-refractivity contribution in [3.8, 4) is 0 Å². The molecule has 4 aromatic rings. The molecule has 0 radical (unpaired) electrons. The van der Waals surface area contributed by atoms with Crippen molar-refractivity contribution in [2.75, 3.05) is 48.8 Å². The molecule has 0 spiro atoms. The maximum atomic E-state index is 14.6. The molecular weight excluding hydrogens is 503 g/mol. The summed E-state index contributed by atoms with van der Waals surface area (Å²) >= 11 is 0. The lowest BCUT2D eigenvalue weighted by atomic mass is 10.0. The number of nitrogens with one attached hydrogen (secondary N) is 2. The summed E-state index contributed by atoms with van der Waals surface area (Å²) in [6.45, 7) is 9.55. The van der Waals surface area contributed by atoms with Crippen molar-refractivity contribution in [1.29, 1.82) is 0 Å². The third kappa shape index (κ3) is 5.18. The highest BCUT2D eigenvalue weighted by Crippen LogP contribution is 2.35. The largest absolute Gasteiger partial charge is 0.444 e. The molecule has 5 rings (SSSR count). The number of aromatic nitrogens is 4. The number of ether oxygens (including phenoxy) is 1. The van der Waals surface area contributed by atoms with Gasteiger partial charge in [0, 0.05) is 76.0 Å². The van der Waals surface area contributed by atoms with Crippen LogP contribution in [0.4, 0.5) is 26.2 Å². The number of aryl methyl sites for hydroxylation is 2. The molecule has 4 heterocycles. The van der Waals surface area contributed by atoms with E-state index in [1.165, 1.54) is 6.07 Å². The first kappa shape index (κ1) is 26.3. The molecule has 1 saturated heterocycles. The number of nitrogens with zero attached hydrogens (tertiary/aromatic N) is 6. The SMILES string of the molecule is CNc1cc(N2CCN(C(=O)OC(C)(C)C)CC2)c2cn(C)nc2c1C(=O)Nc1cc(F)c2nc(C)cn2c1. The highest BCUT2D eigenvalue weighted by molar-refractivity contribution is 6.18. The van der Waals surface area contributed by atoms with Gasteiger partial charge in [-0.25, -0.2) is 14.2 Å². The average molecular weight is 537 g/mol. The zero-order valence-electron chi connectivity index (χ0n) is 23.0. The fraction of sp³-hybridized carbons (Fsp3) is 0.407. The number of fused-ring (bicyclic) bond motifs is 2. The van der Waals surface area contributed by atoms with Crippen molar-refractivity contribution in [1.82, 2.24) is 24.1 Å². The average Bonchev–Trinajstić information content (AvgIpc) is 3.43. The summed E-state index contributed by atoms with van der Waals surface area (Å²) < 4.78 is 23.4. The number of pyridine rings is 1. The van der Waals surface area contributed by atoms with E-state index < -0.39 is 17.3 Å². The molecule has 3 aromatic heterocycles. The molecule has 0 bridgehead atoms. The van der Waals surface area contributed by atoms with E-state index in [0.29, 0.717) is 54.3 Å². The van der Waals surface area contributed by atoms with Crippen LogP contribution in [0.1, 0.15) is 36.8 Å². The van der Waals surface area contributed by atoms with E-state index in [9.17, 15) is 14.0 Å². The van der Waals surface area contributed by atoms with Gasteiger partial charge < -0.3 is 29.6 Å². The van der Waals surface area contributed by atoms with E-state index in [4.69, 9.17) is 4.74 Å². The van der Waals surface area contributed by atoms with E-state index in [0.717, 1.165) is 11.1 Å².